The summed E-state index contributed by atoms with van der Waals surface area (Å²) in [5, 5.41) is 0. The zero-order chi connectivity index (χ0) is 9.57. The average molecular weight is 198 g/mol. The van der Waals surface area contributed by atoms with Gasteiger partial charge in [0.25, 0.3) is 0 Å². The van der Waals surface area contributed by atoms with Crippen LogP contribution in [-0.2, 0) is 0 Å². The minimum atomic E-state index is 0.991. The monoisotopic (exact) mass is 198 g/mol. The molecular weight excluding hydrogens is 180 g/mol. The van der Waals surface area contributed by atoms with E-state index in [4.69, 9.17) is 0 Å². The van der Waals surface area contributed by atoms with Crippen molar-refractivity contribution in [3.8, 4) is 0 Å². The quantitative estimate of drug-likeness (QED) is 0.524. The Morgan fingerprint density at radius 3 is 2.13 bits per heavy atom. The Hall–Kier alpha value is -0.520. The van der Waals surface area contributed by atoms with E-state index in [9.17, 15) is 0 Å². The summed E-state index contributed by atoms with van der Waals surface area (Å²) in [7, 11) is 0. The lowest BCUT2D eigenvalue weighted by Gasteiger charge is -2.29. The van der Waals surface area contributed by atoms with Crippen LogP contribution >= 0.6 is 0 Å². The van der Waals surface area contributed by atoms with E-state index in [0.29, 0.717) is 0 Å². The Balaban J connectivity index is 1.62. The van der Waals surface area contributed by atoms with Crippen LogP contribution in [0.3, 0.4) is 0 Å². The van der Waals surface area contributed by atoms with Gasteiger partial charge in [-0.05, 0) is 66.6 Å². The number of rotatable bonds is 0. The molecule has 0 aromatic carbocycles. The molecule has 0 aromatic rings. The molecule has 0 heteroatoms. The van der Waals surface area contributed by atoms with Gasteiger partial charge in [0, 0.05) is 0 Å². The number of fused-ring (bicyclic) bond motifs is 8. The van der Waals surface area contributed by atoms with Gasteiger partial charge in [0.15, 0.2) is 0 Å². The molecule has 0 nitrogen and oxygen atoms in total. The molecule has 0 aliphatic heterocycles. The van der Waals surface area contributed by atoms with Crippen molar-refractivity contribution >= 4 is 0 Å². The van der Waals surface area contributed by atoms with Crippen molar-refractivity contribution in [1.82, 2.24) is 0 Å². The third-order valence-electron chi connectivity index (χ3n) is 6.29. The smallest absolute Gasteiger partial charge is 0.0194 e. The minimum Gasteiger partial charge on any atom is -0.0882 e. The lowest BCUT2D eigenvalue weighted by Crippen LogP contribution is -2.24. The van der Waals surface area contributed by atoms with Gasteiger partial charge in [-0.3, -0.25) is 0 Å². The van der Waals surface area contributed by atoms with Crippen LogP contribution in [0.4, 0.5) is 0 Å². The molecule has 3 saturated carbocycles. The van der Waals surface area contributed by atoms with Crippen LogP contribution < -0.4 is 0 Å². The van der Waals surface area contributed by atoms with E-state index in [0.717, 1.165) is 47.3 Å². The highest BCUT2D eigenvalue weighted by Gasteiger charge is 2.70. The third kappa shape index (κ3) is 0.726. The SMILES string of the molecule is C1=CCC2C3C(C1)C1C4C=CC(C4)C1C23. The van der Waals surface area contributed by atoms with Gasteiger partial charge in [-0.2, -0.15) is 0 Å². The highest BCUT2D eigenvalue weighted by Crippen LogP contribution is 2.75. The highest BCUT2D eigenvalue weighted by molar-refractivity contribution is 5.27. The van der Waals surface area contributed by atoms with E-state index in [1.807, 2.05) is 0 Å². The average Bonchev–Trinajstić information content (AvgIpc) is 2.62. The van der Waals surface area contributed by atoms with Crippen LogP contribution in [0.2, 0.25) is 0 Å². The first-order valence-corrected chi connectivity index (χ1v) is 6.78. The number of hydrogen-bond donors (Lipinski definition) is 0. The summed E-state index contributed by atoms with van der Waals surface area (Å²) >= 11 is 0. The van der Waals surface area contributed by atoms with Gasteiger partial charge in [0.1, 0.15) is 0 Å². The summed E-state index contributed by atoms with van der Waals surface area (Å²) in [6.45, 7) is 0. The molecule has 3 fully saturated rings. The molecule has 0 amide bonds. The summed E-state index contributed by atoms with van der Waals surface area (Å²) in [5.74, 6) is 8.73. The molecule has 8 unspecified atom stereocenters. The van der Waals surface area contributed by atoms with Crippen molar-refractivity contribution in [3.63, 3.8) is 0 Å². The lowest BCUT2D eigenvalue weighted by atomic mass is 9.75. The van der Waals surface area contributed by atoms with Crippen LogP contribution in [0.15, 0.2) is 24.3 Å². The predicted molar refractivity (Wildman–Crippen MR) is 60.1 cm³/mol. The topological polar surface area (TPSA) is 0 Å². The Bertz CT molecular complexity index is 377. The van der Waals surface area contributed by atoms with Gasteiger partial charge >= 0.3 is 0 Å². The second-order valence-corrected chi connectivity index (χ2v) is 6.53. The van der Waals surface area contributed by atoms with Crippen LogP contribution in [-0.4, -0.2) is 0 Å². The molecule has 0 spiro atoms. The van der Waals surface area contributed by atoms with Gasteiger partial charge in [-0.25, -0.2) is 0 Å². The van der Waals surface area contributed by atoms with E-state index in [1.54, 1.807) is 0 Å². The van der Waals surface area contributed by atoms with Crippen molar-refractivity contribution < 1.29 is 0 Å². The molecular formula is C15H18. The van der Waals surface area contributed by atoms with Gasteiger partial charge < -0.3 is 0 Å². The summed E-state index contributed by atoms with van der Waals surface area (Å²) in [4.78, 5) is 0. The van der Waals surface area contributed by atoms with E-state index in [-0.39, 0.29) is 0 Å². The lowest BCUT2D eigenvalue weighted by molar-refractivity contribution is 0.221. The molecule has 8 atom stereocenters. The Morgan fingerprint density at radius 1 is 0.667 bits per heavy atom. The van der Waals surface area contributed by atoms with E-state index < -0.39 is 0 Å². The van der Waals surface area contributed by atoms with Crippen LogP contribution in [0.5, 0.6) is 0 Å². The summed E-state index contributed by atoms with van der Waals surface area (Å²) in [6, 6.07) is 0. The Morgan fingerprint density at radius 2 is 1.33 bits per heavy atom. The maximum Gasteiger partial charge on any atom is -0.0194 e. The van der Waals surface area contributed by atoms with Gasteiger partial charge in [-0.15, -0.1) is 0 Å². The standard InChI is InChI=1S/C15H18/c1-2-4-11-14-10(3-1)12-8-5-6-9(7-8)13(12)15(11)14/h1-2,5-6,8-15H,3-4,7H2. The largest absolute Gasteiger partial charge is 0.0882 e. The fraction of sp³-hybridized carbons (Fsp3) is 0.733. The highest BCUT2D eigenvalue weighted by atomic mass is 14.7. The van der Waals surface area contributed by atoms with E-state index in [2.05, 4.69) is 24.3 Å². The maximum absolute atomic E-state index is 2.56. The molecule has 15 heavy (non-hydrogen) atoms. The maximum atomic E-state index is 2.56. The molecule has 0 radical (unpaired) electrons. The van der Waals surface area contributed by atoms with E-state index >= 15 is 0 Å². The van der Waals surface area contributed by atoms with Gasteiger partial charge in [0.2, 0.25) is 0 Å². The first kappa shape index (κ1) is 7.70. The molecule has 0 saturated heterocycles. The van der Waals surface area contributed by atoms with Crippen molar-refractivity contribution in [3.05, 3.63) is 24.3 Å². The third-order valence-corrected chi connectivity index (χ3v) is 6.29. The normalized spacial score (nSPS) is 66.7. The van der Waals surface area contributed by atoms with Crippen LogP contribution in [0.25, 0.3) is 0 Å². The fourth-order valence-corrected chi connectivity index (χ4v) is 6.01. The molecule has 0 N–H and O–H groups in total. The molecule has 0 heterocycles. The summed E-state index contributed by atoms with van der Waals surface area (Å²) in [5.41, 5.74) is 0. The number of allylic oxidation sites excluding steroid dienone is 4. The summed E-state index contributed by atoms with van der Waals surface area (Å²) < 4.78 is 0. The van der Waals surface area contributed by atoms with E-state index in [1.165, 1.54) is 19.3 Å². The molecule has 0 aromatic heterocycles. The summed E-state index contributed by atoms with van der Waals surface area (Å²) in [6.07, 6.45) is 14.4. The predicted octanol–water partition coefficient (Wildman–Crippen LogP) is 3.27. The van der Waals surface area contributed by atoms with Crippen LogP contribution in [0.1, 0.15) is 19.3 Å². The molecule has 5 rings (SSSR count). The molecule has 78 valence electrons. The molecule has 5 aliphatic rings. The van der Waals surface area contributed by atoms with Gasteiger partial charge in [0.05, 0.1) is 0 Å². The zero-order valence-corrected chi connectivity index (χ0v) is 9.05. The van der Waals surface area contributed by atoms with Gasteiger partial charge in [-0.1, -0.05) is 24.3 Å². The Kier molecular flexibility index (Phi) is 1.16. The second-order valence-electron chi connectivity index (χ2n) is 6.53. The molecule has 5 aliphatic carbocycles. The van der Waals surface area contributed by atoms with Crippen molar-refractivity contribution in [2.24, 2.45) is 47.3 Å². The minimum absolute atomic E-state index is 0.991. The fourth-order valence-electron chi connectivity index (χ4n) is 6.01. The van der Waals surface area contributed by atoms with Crippen molar-refractivity contribution in [2.45, 2.75) is 19.3 Å². The van der Waals surface area contributed by atoms with Crippen LogP contribution in [0, 0.1) is 47.3 Å². The number of hydrogen-bond acceptors (Lipinski definition) is 0. The molecule has 2 bridgehead atoms. The Labute approximate surface area is 91.4 Å². The van der Waals surface area contributed by atoms with Crippen molar-refractivity contribution in [1.29, 1.82) is 0 Å². The first-order chi connectivity index (χ1) is 7.45. The second kappa shape index (κ2) is 2.26. The zero-order valence-electron chi connectivity index (χ0n) is 9.05. The first-order valence-electron chi connectivity index (χ1n) is 6.78. The van der Waals surface area contributed by atoms with Crippen molar-refractivity contribution in [2.75, 3.05) is 0 Å².